The van der Waals surface area contributed by atoms with Crippen LogP contribution in [0.3, 0.4) is 0 Å². The van der Waals surface area contributed by atoms with Crippen molar-refractivity contribution < 1.29 is 29.0 Å². The number of anilines is 1. The van der Waals surface area contributed by atoms with Crippen LogP contribution in [0.1, 0.15) is 63.8 Å². The van der Waals surface area contributed by atoms with Crippen LogP contribution in [-0.4, -0.2) is 59.3 Å². The maximum atomic E-state index is 13.9. The van der Waals surface area contributed by atoms with Gasteiger partial charge < -0.3 is 30.1 Å². The molecule has 2 aromatic rings. The molecule has 0 aromatic heterocycles. The first-order valence-corrected chi connectivity index (χ1v) is 12.8. The fourth-order valence-corrected chi connectivity index (χ4v) is 3.97. The van der Waals surface area contributed by atoms with Crippen molar-refractivity contribution in [2.75, 3.05) is 19.0 Å². The Labute approximate surface area is 225 Å². The first kappa shape index (κ1) is 30.6. The Balaban J connectivity index is 2.55. The quantitative estimate of drug-likeness (QED) is 0.419. The van der Waals surface area contributed by atoms with Gasteiger partial charge in [-0.15, -0.1) is 0 Å². The zero-order valence-corrected chi connectivity index (χ0v) is 23.6. The van der Waals surface area contributed by atoms with E-state index in [1.54, 1.807) is 52.1 Å². The summed E-state index contributed by atoms with van der Waals surface area (Å²) in [5.41, 5.74) is 2.15. The van der Waals surface area contributed by atoms with Crippen molar-refractivity contribution in [2.24, 2.45) is 0 Å². The second-order valence-electron chi connectivity index (χ2n) is 10.4. The zero-order chi connectivity index (χ0) is 28.6. The van der Waals surface area contributed by atoms with Crippen molar-refractivity contribution in [1.82, 2.24) is 10.2 Å². The summed E-state index contributed by atoms with van der Waals surface area (Å²) < 4.78 is 10.5. The van der Waals surface area contributed by atoms with Crippen LogP contribution in [0.2, 0.25) is 0 Å². The molecule has 38 heavy (non-hydrogen) atoms. The van der Waals surface area contributed by atoms with E-state index in [4.69, 9.17) is 9.47 Å². The second kappa shape index (κ2) is 13.3. The van der Waals surface area contributed by atoms with Crippen LogP contribution in [0.4, 0.5) is 10.5 Å². The summed E-state index contributed by atoms with van der Waals surface area (Å²) in [6, 6.07) is 9.87. The minimum Gasteiger partial charge on any atom is -0.497 e. The zero-order valence-electron chi connectivity index (χ0n) is 23.6. The Bertz CT molecular complexity index is 1110. The van der Waals surface area contributed by atoms with Crippen molar-refractivity contribution in [3.8, 4) is 5.75 Å². The molecule has 208 valence electrons. The highest BCUT2D eigenvalue weighted by Gasteiger charge is 2.39. The van der Waals surface area contributed by atoms with Crippen LogP contribution in [0, 0.1) is 13.8 Å². The molecule has 9 heteroatoms. The van der Waals surface area contributed by atoms with Gasteiger partial charge in [-0.2, -0.15) is 0 Å². The van der Waals surface area contributed by atoms with Gasteiger partial charge in [0, 0.05) is 11.7 Å². The van der Waals surface area contributed by atoms with Crippen molar-refractivity contribution in [3.63, 3.8) is 0 Å². The number of nitrogens with zero attached hydrogens (tertiary/aromatic N) is 1. The van der Waals surface area contributed by atoms with Crippen molar-refractivity contribution in [1.29, 1.82) is 0 Å². The summed E-state index contributed by atoms with van der Waals surface area (Å²) in [4.78, 5) is 41.7. The number of aryl methyl sites for hydroxylation is 2. The van der Waals surface area contributed by atoms with Gasteiger partial charge in [0.05, 0.1) is 13.7 Å². The van der Waals surface area contributed by atoms with Crippen LogP contribution in [-0.2, 0) is 14.3 Å². The topological polar surface area (TPSA) is 117 Å². The molecule has 0 saturated heterocycles. The minimum atomic E-state index is -1.31. The van der Waals surface area contributed by atoms with Gasteiger partial charge in [0.2, 0.25) is 5.91 Å². The molecule has 3 N–H and O–H groups in total. The highest BCUT2D eigenvalue weighted by atomic mass is 16.6. The van der Waals surface area contributed by atoms with E-state index in [0.29, 0.717) is 23.4 Å². The molecule has 3 unspecified atom stereocenters. The number of hydrogen-bond donors (Lipinski definition) is 3. The Morgan fingerprint density at radius 1 is 1.05 bits per heavy atom. The molecular formula is C29H41N3O6. The molecule has 3 amide bonds. The van der Waals surface area contributed by atoms with Gasteiger partial charge in [-0.3, -0.25) is 9.59 Å². The van der Waals surface area contributed by atoms with E-state index in [2.05, 4.69) is 10.6 Å². The number of rotatable bonds is 10. The fourth-order valence-electron chi connectivity index (χ4n) is 3.97. The number of benzene rings is 2. The standard InChI is InChI=1S/C29H41N3O6/c1-9-20(4)32(27(35)24(17-33)31-28(36)38-29(5,6)7)25(23-16-18(2)10-11-19(23)3)26(34)30-21-12-14-22(37-8)15-13-21/h10-16,20,24-25,33H,9,17H2,1-8H3,(H,30,34)(H,31,36). The SMILES string of the molecule is CCC(C)N(C(=O)C(CO)NC(=O)OC(C)(C)C)C(C(=O)Nc1ccc(OC)cc1)c1cc(C)ccc1C. The molecule has 2 rings (SSSR count). The Morgan fingerprint density at radius 2 is 1.68 bits per heavy atom. The maximum Gasteiger partial charge on any atom is 0.408 e. The number of ether oxygens (including phenoxy) is 2. The largest absolute Gasteiger partial charge is 0.497 e. The number of aliphatic hydroxyl groups excluding tert-OH is 1. The van der Waals surface area contributed by atoms with E-state index in [-0.39, 0.29) is 0 Å². The minimum absolute atomic E-state index is 0.400. The van der Waals surface area contributed by atoms with Crippen molar-refractivity contribution in [3.05, 3.63) is 59.2 Å². The van der Waals surface area contributed by atoms with Gasteiger partial charge in [-0.25, -0.2) is 4.79 Å². The molecule has 0 bridgehead atoms. The molecule has 0 fully saturated rings. The summed E-state index contributed by atoms with van der Waals surface area (Å²) >= 11 is 0. The van der Waals surface area contributed by atoms with Crippen LogP contribution in [0.25, 0.3) is 0 Å². The van der Waals surface area contributed by atoms with E-state index in [1.165, 1.54) is 4.90 Å². The highest BCUT2D eigenvalue weighted by molar-refractivity contribution is 5.99. The normalized spacial score (nSPS) is 13.6. The predicted octanol–water partition coefficient (Wildman–Crippen LogP) is 4.50. The summed E-state index contributed by atoms with van der Waals surface area (Å²) in [5, 5.41) is 15.5. The van der Waals surface area contributed by atoms with E-state index < -0.39 is 48.2 Å². The third-order valence-electron chi connectivity index (χ3n) is 6.11. The number of carbonyl (C=O) groups excluding carboxylic acids is 3. The summed E-state index contributed by atoms with van der Waals surface area (Å²) in [6.07, 6.45) is -0.298. The molecule has 0 saturated carbocycles. The monoisotopic (exact) mass is 527 g/mol. The first-order valence-electron chi connectivity index (χ1n) is 12.8. The molecule has 2 aromatic carbocycles. The molecule has 3 atom stereocenters. The summed E-state index contributed by atoms with van der Waals surface area (Å²) in [7, 11) is 1.56. The fraction of sp³-hybridized carbons (Fsp3) is 0.483. The summed E-state index contributed by atoms with van der Waals surface area (Å²) in [5.74, 6) is -0.375. The van der Waals surface area contributed by atoms with E-state index in [9.17, 15) is 19.5 Å². The average Bonchev–Trinajstić information content (AvgIpc) is 2.85. The lowest BCUT2D eigenvalue weighted by molar-refractivity contribution is -0.144. The van der Waals surface area contributed by atoms with Crippen LogP contribution in [0.15, 0.2) is 42.5 Å². The van der Waals surface area contributed by atoms with Gasteiger partial charge in [0.1, 0.15) is 23.4 Å². The van der Waals surface area contributed by atoms with Gasteiger partial charge in [-0.1, -0.05) is 30.7 Å². The second-order valence-corrected chi connectivity index (χ2v) is 10.4. The number of nitrogens with one attached hydrogen (secondary N) is 2. The Morgan fingerprint density at radius 3 is 2.21 bits per heavy atom. The number of methoxy groups -OCH3 is 1. The average molecular weight is 528 g/mol. The molecule has 0 aliphatic rings. The van der Waals surface area contributed by atoms with Gasteiger partial charge >= 0.3 is 6.09 Å². The lowest BCUT2D eigenvalue weighted by Crippen LogP contribution is -2.56. The summed E-state index contributed by atoms with van der Waals surface area (Å²) in [6.45, 7) is 12.0. The van der Waals surface area contributed by atoms with Gasteiger partial charge in [0.25, 0.3) is 5.91 Å². The van der Waals surface area contributed by atoms with Crippen molar-refractivity contribution >= 4 is 23.6 Å². The molecule has 0 aliphatic carbocycles. The van der Waals surface area contributed by atoms with Crippen LogP contribution < -0.4 is 15.4 Å². The Hall–Kier alpha value is -3.59. The number of aliphatic hydroxyl groups is 1. The lowest BCUT2D eigenvalue weighted by Gasteiger charge is -2.38. The van der Waals surface area contributed by atoms with E-state index >= 15 is 0 Å². The van der Waals surface area contributed by atoms with E-state index in [0.717, 1.165) is 11.1 Å². The molecule has 9 nitrogen and oxygen atoms in total. The smallest absolute Gasteiger partial charge is 0.408 e. The molecule has 0 radical (unpaired) electrons. The van der Waals surface area contributed by atoms with Gasteiger partial charge in [-0.05, 0) is 83.4 Å². The number of alkyl carbamates (subject to hydrolysis) is 1. The van der Waals surface area contributed by atoms with Crippen LogP contribution in [0.5, 0.6) is 5.75 Å². The lowest BCUT2D eigenvalue weighted by atomic mass is 9.94. The maximum absolute atomic E-state index is 13.9. The van der Waals surface area contributed by atoms with Crippen molar-refractivity contribution in [2.45, 2.75) is 78.6 Å². The number of amides is 3. The molecular weight excluding hydrogens is 486 g/mol. The third-order valence-corrected chi connectivity index (χ3v) is 6.11. The Kier molecular flexibility index (Phi) is 10.7. The highest BCUT2D eigenvalue weighted by Crippen LogP contribution is 2.30. The first-order chi connectivity index (χ1) is 17.8. The molecule has 0 heterocycles. The number of hydrogen-bond acceptors (Lipinski definition) is 6. The predicted molar refractivity (Wildman–Crippen MR) is 147 cm³/mol. The van der Waals surface area contributed by atoms with E-state index in [1.807, 2.05) is 45.9 Å². The third kappa shape index (κ3) is 8.21. The molecule has 0 aliphatic heterocycles. The molecule has 0 spiro atoms. The number of carbonyl (C=O) groups is 3. The van der Waals surface area contributed by atoms with Gasteiger partial charge in [0.15, 0.2) is 0 Å². The van der Waals surface area contributed by atoms with Crippen LogP contribution >= 0.6 is 0 Å².